The number of fused-ring (bicyclic) bond motifs is 1. The first-order valence-electron chi connectivity index (χ1n) is 9.72. The molecule has 0 radical (unpaired) electrons. The minimum atomic E-state index is -0.386. The normalized spacial score (nSPS) is 11.9. The summed E-state index contributed by atoms with van der Waals surface area (Å²) >= 11 is 0. The summed E-state index contributed by atoms with van der Waals surface area (Å²) in [5.41, 5.74) is 2.18. The molecule has 0 spiro atoms. The Morgan fingerprint density at radius 2 is 1.80 bits per heavy atom. The standard InChI is InChI=1S/C23H22N4O3/c1-16(25-23(29)17-8-3-2-4-9-17)22-26-19-11-5-6-12-20(19)27(22)15-21(28)24-14-18-10-7-13-30-18/h2-13,16H,14-15H2,1H3,(H,24,28)(H,25,29)/t16-/m0/s1. The van der Waals surface area contributed by atoms with Crippen LogP contribution < -0.4 is 10.6 Å². The zero-order valence-corrected chi connectivity index (χ0v) is 16.5. The molecule has 4 aromatic rings. The Labute approximate surface area is 173 Å². The fourth-order valence-corrected chi connectivity index (χ4v) is 3.32. The molecule has 2 heterocycles. The lowest BCUT2D eigenvalue weighted by Gasteiger charge is -2.16. The highest BCUT2D eigenvalue weighted by Crippen LogP contribution is 2.21. The summed E-state index contributed by atoms with van der Waals surface area (Å²) in [4.78, 5) is 29.8. The molecule has 2 aromatic heterocycles. The Bertz CT molecular complexity index is 1150. The van der Waals surface area contributed by atoms with Crippen molar-refractivity contribution in [2.75, 3.05) is 0 Å². The molecule has 0 aliphatic heterocycles. The highest BCUT2D eigenvalue weighted by Gasteiger charge is 2.20. The second kappa shape index (κ2) is 8.65. The van der Waals surface area contributed by atoms with E-state index >= 15 is 0 Å². The first-order chi connectivity index (χ1) is 14.6. The monoisotopic (exact) mass is 402 g/mol. The van der Waals surface area contributed by atoms with Gasteiger partial charge in [-0.25, -0.2) is 4.98 Å². The number of benzene rings is 2. The zero-order valence-electron chi connectivity index (χ0n) is 16.5. The van der Waals surface area contributed by atoms with Gasteiger partial charge in [-0.2, -0.15) is 0 Å². The lowest BCUT2D eigenvalue weighted by molar-refractivity contribution is -0.121. The molecular weight excluding hydrogens is 380 g/mol. The fourth-order valence-electron chi connectivity index (χ4n) is 3.32. The average molecular weight is 402 g/mol. The van der Waals surface area contributed by atoms with Crippen molar-refractivity contribution in [3.63, 3.8) is 0 Å². The molecule has 1 atom stereocenters. The van der Waals surface area contributed by atoms with E-state index in [1.807, 2.05) is 54.0 Å². The summed E-state index contributed by atoms with van der Waals surface area (Å²) in [6.45, 7) is 2.26. The molecule has 0 bridgehead atoms. The van der Waals surface area contributed by atoms with Crippen LogP contribution in [0.3, 0.4) is 0 Å². The molecule has 7 heteroatoms. The number of hydrogen-bond acceptors (Lipinski definition) is 4. The number of carbonyl (C=O) groups is 2. The number of nitrogens with one attached hydrogen (secondary N) is 2. The molecular formula is C23H22N4O3. The van der Waals surface area contributed by atoms with Crippen LogP contribution in [0.15, 0.2) is 77.4 Å². The van der Waals surface area contributed by atoms with E-state index in [2.05, 4.69) is 15.6 Å². The maximum Gasteiger partial charge on any atom is 0.251 e. The maximum atomic E-state index is 12.6. The molecule has 7 nitrogen and oxygen atoms in total. The van der Waals surface area contributed by atoms with Gasteiger partial charge in [0.1, 0.15) is 18.1 Å². The largest absolute Gasteiger partial charge is 0.467 e. The smallest absolute Gasteiger partial charge is 0.251 e. The molecule has 2 aromatic carbocycles. The van der Waals surface area contributed by atoms with Crippen molar-refractivity contribution in [3.05, 3.63) is 90.1 Å². The van der Waals surface area contributed by atoms with Crippen molar-refractivity contribution in [3.8, 4) is 0 Å². The molecule has 2 amide bonds. The summed E-state index contributed by atoms with van der Waals surface area (Å²) in [7, 11) is 0. The van der Waals surface area contributed by atoms with Gasteiger partial charge in [-0.15, -0.1) is 0 Å². The number of amides is 2. The van der Waals surface area contributed by atoms with Crippen LogP contribution in [0.25, 0.3) is 11.0 Å². The summed E-state index contributed by atoms with van der Waals surface area (Å²) in [5, 5.41) is 5.82. The van der Waals surface area contributed by atoms with Crippen molar-refractivity contribution < 1.29 is 14.0 Å². The Hall–Kier alpha value is -3.87. The average Bonchev–Trinajstić information content (AvgIpc) is 3.41. The lowest BCUT2D eigenvalue weighted by atomic mass is 10.2. The van der Waals surface area contributed by atoms with Crippen LogP contribution in [0, 0.1) is 0 Å². The van der Waals surface area contributed by atoms with E-state index in [1.54, 1.807) is 30.5 Å². The molecule has 152 valence electrons. The number of furan rings is 1. The van der Waals surface area contributed by atoms with Gasteiger partial charge in [0, 0.05) is 5.56 Å². The van der Waals surface area contributed by atoms with Gasteiger partial charge in [0.05, 0.1) is 29.9 Å². The number of hydrogen-bond donors (Lipinski definition) is 2. The van der Waals surface area contributed by atoms with Crippen molar-refractivity contribution in [1.29, 1.82) is 0 Å². The quantitative estimate of drug-likeness (QED) is 0.496. The fraction of sp³-hybridized carbons (Fsp3) is 0.174. The van der Waals surface area contributed by atoms with Crippen molar-refractivity contribution >= 4 is 22.8 Å². The lowest BCUT2D eigenvalue weighted by Crippen LogP contribution is -2.31. The number of rotatable bonds is 7. The minimum absolute atomic E-state index is 0.0854. The number of imidazole rings is 1. The van der Waals surface area contributed by atoms with E-state index in [-0.39, 0.29) is 24.4 Å². The molecule has 0 saturated heterocycles. The molecule has 30 heavy (non-hydrogen) atoms. The zero-order chi connectivity index (χ0) is 20.9. The summed E-state index contributed by atoms with van der Waals surface area (Å²) in [5.74, 6) is 0.942. The Balaban J connectivity index is 1.55. The Morgan fingerprint density at radius 1 is 1.03 bits per heavy atom. The highest BCUT2D eigenvalue weighted by molar-refractivity contribution is 5.94. The number of nitrogens with zero attached hydrogens (tertiary/aromatic N) is 2. The van der Waals surface area contributed by atoms with E-state index in [1.165, 1.54) is 0 Å². The number of para-hydroxylation sites is 2. The maximum absolute atomic E-state index is 12.6. The molecule has 4 rings (SSSR count). The summed E-state index contributed by atoms with van der Waals surface area (Å²) in [6, 6.07) is 19.8. The van der Waals surface area contributed by atoms with Gasteiger partial charge in [0.25, 0.3) is 5.91 Å². The molecule has 0 aliphatic rings. The van der Waals surface area contributed by atoms with E-state index in [0.717, 1.165) is 11.0 Å². The van der Waals surface area contributed by atoms with Gasteiger partial charge in [-0.05, 0) is 43.3 Å². The van der Waals surface area contributed by atoms with Gasteiger partial charge in [0.15, 0.2) is 0 Å². The van der Waals surface area contributed by atoms with Gasteiger partial charge in [-0.1, -0.05) is 30.3 Å². The van der Waals surface area contributed by atoms with E-state index in [0.29, 0.717) is 23.7 Å². The molecule has 0 saturated carbocycles. The van der Waals surface area contributed by atoms with Crippen LogP contribution in [-0.4, -0.2) is 21.4 Å². The van der Waals surface area contributed by atoms with Crippen LogP contribution in [0.1, 0.15) is 34.9 Å². The van der Waals surface area contributed by atoms with Crippen LogP contribution in [0.5, 0.6) is 0 Å². The van der Waals surface area contributed by atoms with Crippen molar-refractivity contribution in [1.82, 2.24) is 20.2 Å². The van der Waals surface area contributed by atoms with Gasteiger partial charge in [0.2, 0.25) is 5.91 Å². The van der Waals surface area contributed by atoms with Crippen LogP contribution >= 0.6 is 0 Å². The third-order valence-corrected chi connectivity index (χ3v) is 4.80. The number of aromatic nitrogens is 2. The second-order valence-electron chi connectivity index (χ2n) is 6.96. The predicted molar refractivity (Wildman–Crippen MR) is 113 cm³/mol. The van der Waals surface area contributed by atoms with Crippen molar-refractivity contribution in [2.45, 2.75) is 26.1 Å². The molecule has 0 aliphatic carbocycles. The topological polar surface area (TPSA) is 89.2 Å². The third kappa shape index (κ3) is 4.25. The second-order valence-corrected chi connectivity index (χ2v) is 6.96. The Kier molecular flexibility index (Phi) is 5.61. The first kappa shape index (κ1) is 19.4. The van der Waals surface area contributed by atoms with Crippen LogP contribution in [0.2, 0.25) is 0 Å². The van der Waals surface area contributed by atoms with Crippen LogP contribution in [0.4, 0.5) is 0 Å². The Morgan fingerprint density at radius 3 is 2.57 bits per heavy atom. The predicted octanol–water partition coefficient (Wildman–Crippen LogP) is 3.44. The van der Waals surface area contributed by atoms with E-state index in [9.17, 15) is 9.59 Å². The summed E-state index contributed by atoms with van der Waals surface area (Å²) in [6.07, 6.45) is 1.57. The summed E-state index contributed by atoms with van der Waals surface area (Å²) < 4.78 is 7.09. The number of carbonyl (C=O) groups excluding carboxylic acids is 2. The van der Waals surface area contributed by atoms with Gasteiger partial charge >= 0.3 is 0 Å². The molecule has 0 unspecified atom stereocenters. The molecule has 2 N–H and O–H groups in total. The van der Waals surface area contributed by atoms with Crippen LogP contribution in [-0.2, 0) is 17.9 Å². The minimum Gasteiger partial charge on any atom is -0.467 e. The first-order valence-corrected chi connectivity index (χ1v) is 9.72. The van der Waals surface area contributed by atoms with Crippen molar-refractivity contribution in [2.24, 2.45) is 0 Å². The molecule has 0 fully saturated rings. The third-order valence-electron chi connectivity index (χ3n) is 4.80. The van der Waals surface area contributed by atoms with E-state index < -0.39 is 0 Å². The highest BCUT2D eigenvalue weighted by atomic mass is 16.3. The SMILES string of the molecule is C[C@H](NC(=O)c1ccccc1)c1nc2ccccc2n1CC(=O)NCc1ccco1. The van der Waals surface area contributed by atoms with E-state index in [4.69, 9.17) is 4.42 Å². The van der Waals surface area contributed by atoms with Gasteiger partial charge in [-0.3, -0.25) is 9.59 Å². The van der Waals surface area contributed by atoms with Gasteiger partial charge < -0.3 is 19.6 Å².